The molecule has 0 aliphatic carbocycles. The van der Waals surface area contributed by atoms with Gasteiger partial charge in [0, 0.05) is 0 Å². The van der Waals surface area contributed by atoms with Crippen LogP contribution in [0.5, 0.6) is 0 Å². The lowest BCUT2D eigenvalue weighted by Gasteiger charge is -1.90. The van der Waals surface area contributed by atoms with E-state index in [1.54, 1.807) is 12.1 Å². The molecule has 1 aromatic carbocycles. The van der Waals surface area contributed by atoms with E-state index in [2.05, 4.69) is 11.1 Å². The smallest absolute Gasteiger partial charge is 0.211 e. The van der Waals surface area contributed by atoms with Crippen LogP contribution in [0, 0.1) is 6.07 Å². The zero-order valence-electron chi connectivity index (χ0n) is 4.97. The molecule has 0 fully saturated rings. The fourth-order valence-electron chi connectivity index (χ4n) is 0.538. The second-order valence-corrected chi connectivity index (χ2v) is 1.99. The van der Waals surface area contributed by atoms with E-state index >= 15 is 0 Å². The Balaban J connectivity index is 3.14. The van der Waals surface area contributed by atoms with Crippen molar-refractivity contribution in [3.8, 4) is 0 Å². The topological polar surface area (TPSA) is 29.4 Å². The van der Waals surface area contributed by atoms with Gasteiger partial charge in [0.15, 0.2) is 0 Å². The maximum atomic E-state index is 9.76. The Morgan fingerprint density at radius 1 is 1.70 bits per heavy atom. The molecule has 1 aromatic rings. The Morgan fingerprint density at radius 2 is 2.50 bits per heavy atom. The van der Waals surface area contributed by atoms with Crippen molar-refractivity contribution in [1.82, 2.24) is 0 Å². The monoisotopic (exact) mass is 152 g/mol. The summed E-state index contributed by atoms with van der Waals surface area (Å²) in [7, 11) is 0. The van der Waals surface area contributed by atoms with E-state index in [1.165, 1.54) is 12.1 Å². The van der Waals surface area contributed by atoms with Crippen molar-refractivity contribution < 1.29 is 4.79 Å². The van der Waals surface area contributed by atoms with Crippen LogP contribution in [0.4, 0.5) is 5.69 Å². The van der Waals surface area contributed by atoms with E-state index < -0.39 is 0 Å². The molecular formula is C7H3ClNO. The number of rotatable bonds is 1. The average molecular weight is 153 g/mol. The molecule has 1 radical (unpaired) electrons. The summed E-state index contributed by atoms with van der Waals surface area (Å²) >= 11 is 5.61. The van der Waals surface area contributed by atoms with Crippen LogP contribution in [0.15, 0.2) is 23.2 Å². The normalized spacial score (nSPS) is 8.50. The molecule has 0 aliphatic rings. The Morgan fingerprint density at radius 3 is 3.10 bits per heavy atom. The molecule has 0 saturated heterocycles. The molecule has 0 aliphatic heterocycles. The van der Waals surface area contributed by atoms with Gasteiger partial charge in [0.1, 0.15) is 0 Å². The predicted molar refractivity (Wildman–Crippen MR) is 38.1 cm³/mol. The minimum atomic E-state index is 0.402. The van der Waals surface area contributed by atoms with Gasteiger partial charge in [0.25, 0.3) is 0 Å². The third-order valence-corrected chi connectivity index (χ3v) is 1.28. The van der Waals surface area contributed by atoms with Gasteiger partial charge in [0.05, 0.1) is 10.7 Å². The molecule has 0 atom stereocenters. The van der Waals surface area contributed by atoms with Crippen molar-refractivity contribution in [2.45, 2.75) is 0 Å². The second-order valence-electron chi connectivity index (χ2n) is 1.58. The molecule has 10 heavy (non-hydrogen) atoms. The van der Waals surface area contributed by atoms with Crippen LogP contribution in [-0.2, 0) is 4.79 Å². The average Bonchev–Trinajstić information content (AvgIpc) is 1.94. The van der Waals surface area contributed by atoms with E-state index in [1.807, 2.05) is 0 Å². The van der Waals surface area contributed by atoms with Crippen molar-refractivity contribution in [3.05, 3.63) is 29.3 Å². The van der Waals surface area contributed by atoms with E-state index in [0.717, 1.165) is 0 Å². The molecule has 1 rings (SSSR count). The lowest BCUT2D eigenvalue weighted by Crippen LogP contribution is -1.65. The van der Waals surface area contributed by atoms with Crippen molar-refractivity contribution in [1.29, 1.82) is 0 Å². The SMILES string of the molecule is O=C=Nc1c[c]ccc1Cl. The van der Waals surface area contributed by atoms with Crippen molar-refractivity contribution in [2.75, 3.05) is 0 Å². The highest BCUT2D eigenvalue weighted by atomic mass is 35.5. The van der Waals surface area contributed by atoms with Gasteiger partial charge in [-0.2, -0.15) is 4.99 Å². The van der Waals surface area contributed by atoms with Crippen LogP contribution in [-0.4, -0.2) is 6.08 Å². The lowest BCUT2D eigenvalue weighted by atomic mass is 10.3. The highest BCUT2D eigenvalue weighted by Gasteiger charge is 1.93. The molecule has 49 valence electrons. The van der Waals surface area contributed by atoms with Crippen LogP contribution in [0.2, 0.25) is 5.02 Å². The minimum Gasteiger partial charge on any atom is -0.211 e. The number of hydrogen-bond donors (Lipinski definition) is 0. The van der Waals surface area contributed by atoms with Gasteiger partial charge in [-0.3, -0.25) is 0 Å². The molecule has 0 amide bonds. The van der Waals surface area contributed by atoms with E-state index in [4.69, 9.17) is 11.6 Å². The molecular weight excluding hydrogens is 150 g/mol. The summed E-state index contributed by atoms with van der Waals surface area (Å²) in [6, 6.07) is 7.50. The third-order valence-electron chi connectivity index (χ3n) is 0.957. The summed E-state index contributed by atoms with van der Waals surface area (Å²) in [5.41, 5.74) is 0.402. The van der Waals surface area contributed by atoms with E-state index in [9.17, 15) is 4.79 Å². The predicted octanol–water partition coefficient (Wildman–Crippen LogP) is 2.11. The first-order valence-electron chi connectivity index (χ1n) is 2.58. The fourth-order valence-corrected chi connectivity index (χ4v) is 0.697. The summed E-state index contributed by atoms with van der Waals surface area (Å²) in [6.45, 7) is 0. The van der Waals surface area contributed by atoms with Crippen molar-refractivity contribution in [3.63, 3.8) is 0 Å². The number of carbonyl (C=O) groups excluding carboxylic acids is 1. The number of isocyanates is 1. The first-order chi connectivity index (χ1) is 4.84. The number of halogens is 1. The summed E-state index contributed by atoms with van der Waals surface area (Å²) in [4.78, 5) is 13.1. The van der Waals surface area contributed by atoms with Crippen LogP contribution in [0.3, 0.4) is 0 Å². The van der Waals surface area contributed by atoms with Crippen molar-refractivity contribution in [2.24, 2.45) is 4.99 Å². The minimum absolute atomic E-state index is 0.402. The molecule has 0 spiro atoms. The van der Waals surface area contributed by atoms with Crippen LogP contribution in [0.25, 0.3) is 0 Å². The molecule has 2 nitrogen and oxygen atoms in total. The fraction of sp³-hybridized carbons (Fsp3) is 0. The number of nitrogens with zero attached hydrogens (tertiary/aromatic N) is 1. The van der Waals surface area contributed by atoms with Gasteiger partial charge >= 0.3 is 0 Å². The molecule has 3 heteroatoms. The van der Waals surface area contributed by atoms with Crippen LogP contribution in [0.1, 0.15) is 0 Å². The van der Waals surface area contributed by atoms with Gasteiger partial charge < -0.3 is 0 Å². The maximum Gasteiger partial charge on any atom is 0.240 e. The van der Waals surface area contributed by atoms with Gasteiger partial charge in [-0.1, -0.05) is 17.7 Å². The Labute approximate surface area is 63.2 Å². The largest absolute Gasteiger partial charge is 0.240 e. The quantitative estimate of drug-likeness (QED) is 0.448. The molecule has 0 bridgehead atoms. The summed E-state index contributed by atoms with van der Waals surface area (Å²) in [5.74, 6) is 0. The summed E-state index contributed by atoms with van der Waals surface area (Å²) in [6.07, 6.45) is 1.40. The third kappa shape index (κ3) is 1.44. The van der Waals surface area contributed by atoms with E-state index in [-0.39, 0.29) is 0 Å². The van der Waals surface area contributed by atoms with Gasteiger partial charge in [-0.25, -0.2) is 4.79 Å². The van der Waals surface area contributed by atoms with Crippen LogP contribution >= 0.6 is 11.6 Å². The van der Waals surface area contributed by atoms with Gasteiger partial charge in [-0.15, -0.1) is 0 Å². The number of aliphatic imine (C=N–C) groups is 1. The zero-order chi connectivity index (χ0) is 7.40. The Bertz CT molecular complexity index is 279. The van der Waals surface area contributed by atoms with Crippen LogP contribution < -0.4 is 0 Å². The second kappa shape index (κ2) is 3.16. The number of hydrogen-bond acceptors (Lipinski definition) is 2. The zero-order valence-corrected chi connectivity index (χ0v) is 5.72. The summed E-state index contributed by atoms with van der Waals surface area (Å²) < 4.78 is 0. The molecule has 0 heterocycles. The maximum absolute atomic E-state index is 9.76. The van der Waals surface area contributed by atoms with Gasteiger partial charge in [0.2, 0.25) is 6.08 Å². The lowest BCUT2D eigenvalue weighted by molar-refractivity contribution is 0.565. The number of benzene rings is 1. The van der Waals surface area contributed by atoms with E-state index in [0.29, 0.717) is 10.7 Å². The summed E-state index contributed by atoms with van der Waals surface area (Å²) in [5, 5.41) is 0.433. The standard InChI is InChI=1S/C7H3ClNO/c8-6-3-1-2-4-7(6)9-5-10/h1,3-4H. The molecule has 0 saturated carbocycles. The first-order valence-corrected chi connectivity index (χ1v) is 2.96. The van der Waals surface area contributed by atoms with Crippen molar-refractivity contribution >= 4 is 23.4 Å². The molecule has 0 aromatic heterocycles. The van der Waals surface area contributed by atoms with Gasteiger partial charge in [-0.05, 0) is 18.2 Å². The first kappa shape index (κ1) is 7.00. The molecule has 0 unspecified atom stereocenters. The Hall–Kier alpha value is -1.11. The highest BCUT2D eigenvalue weighted by Crippen LogP contribution is 2.22. The Kier molecular flexibility index (Phi) is 2.21. The molecule has 0 N–H and O–H groups in total. The highest BCUT2D eigenvalue weighted by molar-refractivity contribution is 6.33.